The fourth-order valence-corrected chi connectivity index (χ4v) is 2.92. The van der Waals surface area contributed by atoms with Gasteiger partial charge in [0, 0.05) is 12.2 Å². The number of ether oxygens (including phenoxy) is 1. The molecule has 22 heavy (non-hydrogen) atoms. The van der Waals surface area contributed by atoms with E-state index in [-0.39, 0.29) is 11.7 Å². The van der Waals surface area contributed by atoms with Crippen molar-refractivity contribution in [2.45, 2.75) is 25.9 Å². The average molecular weight is 311 g/mol. The van der Waals surface area contributed by atoms with E-state index in [0.29, 0.717) is 31.5 Å². The van der Waals surface area contributed by atoms with E-state index in [0.717, 1.165) is 5.56 Å². The van der Waals surface area contributed by atoms with Crippen LogP contribution in [0.4, 0.5) is 14.5 Å². The van der Waals surface area contributed by atoms with E-state index in [2.05, 4.69) is 4.74 Å². The maximum atomic E-state index is 12.4. The molecule has 0 aromatic heterocycles. The van der Waals surface area contributed by atoms with Gasteiger partial charge >= 0.3 is 12.6 Å². The number of rotatable bonds is 4. The lowest BCUT2D eigenvalue weighted by atomic mass is 10.0. The van der Waals surface area contributed by atoms with Crippen LogP contribution >= 0.6 is 0 Å². The minimum atomic E-state index is -2.89. The van der Waals surface area contributed by atoms with Gasteiger partial charge in [0.05, 0.1) is 11.8 Å². The third-order valence-electron chi connectivity index (χ3n) is 4.09. The van der Waals surface area contributed by atoms with Crippen molar-refractivity contribution < 1.29 is 28.2 Å². The molecular formula is C15H15F2NO4. The molecule has 2 aliphatic rings. The highest BCUT2D eigenvalue weighted by molar-refractivity contribution is 6.00. The molecule has 1 amide bonds. The molecule has 0 bridgehead atoms. The molecule has 1 aliphatic heterocycles. The lowest BCUT2D eigenvalue weighted by Crippen LogP contribution is -2.37. The number of carbonyl (C=O) groups is 2. The van der Waals surface area contributed by atoms with Crippen LogP contribution in [0, 0.1) is 11.8 Å². The minimum absolute atomic E-state index is 0.0675. The Bertz CT molecular complexity index is 620. The predicted molar refractivity (Wildman–Crippen MR) is 73.0 cm³/mol. The Morgan fingerprint density at radius 2 is 2.09 bits per heavy atom. The second kappa shape index (κ2) is 5.55. The molecular weight excluding hydrogens is 296 g/mol. The van der Waals surface area contributed by atoms with Crippen LogP contribution < -0.4 is 9.64 Å². The van der Waals surface area contributed by atoms with E-state index in [1.807, 2.05) is 0 Å². The summed E-state index contributed by atoms with van der Waals surface area (Å²) in [4.78, 5) is 24.9. The second-order valence-corrected chi connectivity index (χ2v) is 5.55. The zero-order chi connectivity index (χ0) is 15.9. The van der Waals surface area contributed by atoms with Crippen LogP contribution in [0.25, 0.3) is 0 Å². The molecule has 1 fully saturated rings. The molecule has 1 N–H and O–H groups in total. The molecule has 1 aromatic carbocycles. The first-order valence-electron chi connectivity index (χ1n) is 7.09. The van der Waals surface area contributed by atoms with Gasteiger partial charge in [0.2, 0.25) is 5.91 Å². The zero-order valence-electron chi connectivity index (χ0n) is 11.7. The monoisotopic (exact) mass is 311 g/mol. The quantitative estimate of drug-likeness (QED) is 0.926. The molecule has 2 unspecified atom stereocenters. The minimum Gasteiger partial charge on any atom is -0.481 e. The number of carboxylic acids is 1. The molecule has 0 radical (unpaired) electrons. The van der Waals surface area contributed by atoms with Crippen LogP contribution in [-0.4, -0.2) is 30.1 Å². The summed E-state index contributed by atoms with van der Waals surface area (Å²) in [5.74, 6) is -2.15. The van der Waals surface area contributed by atoms with Crippen molar-refractivity contribution in [1.82, 2.24) is 0 Å². The molecule has 1 aliphatic carbocycles. The van der Waals surface area contributed by atoms with Gasteiger partial charge < -0.3 is 14.7 Å². The molecule has 5 nitrogen and oxygen atoms in total. The normalized spacial score (nSPS) is 23.1. The molecule has 0 saturated heterocycles. The number of hydrogen-bond donors (Lipinski definition) is 1. The SMILES string of the molecule is O=C(O)C1CC1C(=O)N1CCCc2cc(OC(F)F)ccc21. The summed E-state index contributed by atoms with van der Waals surface area (Å²) in [5, 5.41) is 8.93. The Balaban J connectivity index is 1.80. The fraction of sp³-hybridized carbons (Fsp3) is 0.467. The number of aryl methyl sites for hydroxylation is 1. The third-order valence-corrected chi connectivity index (χ3v) is 4.09. The maximum Gasteiger partial charge on any atom is 0.387 e. The average Bonchev–Trinajstić information content (AvgIpc) is 3.25. The lowest BCUT2D eigenvalue weighted by molar-refractivity contribution is -0.140. The van der Waals surface area contributed by atoms with Gasteiger partial charge in [0.25, 0.3) is 0 Å². The van der Waals surface area contributed by atoms with E-state index in [9.17, 15) is 18.4 Å². The van der Waals surface area contributed by atoms with Crippen LogP contribution in [0.2, 0.25) is 0 Å². The molecule has 1 aromatic rings. The Labute approximate surface area is 125 Å². The van der Waals surface area contributed by atoms with Gasteiger partial charge in [-0.1, -0.05) is 0 Å². The van der Waals surface area contributed by atoms with E-state index in [4.69, 9.17) is 5.11 Å². The number of alkyl halides is 2. The van der Waals surface area contributed by atoms with Crippen molar-refractivity contribution in [3.8, 4) is 5.75 Å². The summed E-state index contributed by atoms with van der Waals surface area (Å²) in [5.41, 5.74) is 1.43. The van der Waals surface area contributed by atoms with Gasteiger partial charge in [0.1, 0.15) is 5.75 Å². The van der Waals surface area contributed by atoms with E-state index in [1.165, 1.54) is 12.1 Å². The van der Waals surface area contributed by atoms with Crippen LogP contribution in [0.3, 0.4) is 0 Å². The van der Waals surface area contributed by atoms with E-state index >= 15 is 0 Å². The van der Waals surface area contributed by atoms with Crippen molar-refractivity contribution in [1.29, 1.82) is 0 Å². The number of nitrogens with zero attached hydrogens (tertiary/aromatic N) is 1. The number of halogens is 2. The molecule has 2 atom stereocenters. The molecule has 7 heteroatoms. The molecule has 1 heterocycles. The lowest BCUT2D eigenvalue weighted by Gasteiger charge is -2.30. The van der Waals surface area contributed by atoms with Crippen molar-refractivity contribution in [2.24, 2.45) is 11.8 Å². The van der Waals surface area contributed by atoms with Crippen molar-refractivity contribution in [3.63, 3.8) is 0 Å². The number of anilines is 1. The van der Waals surface area contributed by atoms with Crippen molar-refractivity contribution in [3.05, 3.63) is 23.8 Å². The van der Waals surface area contributed by atoms with Crippen LogP contribution in [-0.2, 0) is 16.0 Å². The van der Waals surface area contributed by atoms with Gasteiger partial charge in [-0.05, 0) is 43.0 Å². The van der Waals surface area contributed by atoms with Crippen molar-refractivity contribution >= 4 is 17.6 Å². The Hall–Kier alpha value is -2.18. The van der Waals surface area contributed by atoms with E-state index < -0.39 is 24.4 Å². The van der Waals surface area contributed by atoms with Gasteiger partial charge in [0.15, 0.2) is 0 Å². The maximum absolute atomic E-state index is 12.4. The summed E-state index contributed by atoms with van der Waals surface area (Å²) >= 11 is 0. The smallest absolute Gasteiger partial charge is 0.387 e. The molecule has 0 spiro atoms. The van der Waals surface area contributed by atoms with Crippen LogP contribution in [0.15, 0.2) is 18.2 Å². The number of carbonyl (C=O) groups excluding carboxylic acids is 1. The molecule has 3 rings (SSSR count). The Kier molecular flexibility index (Phi) is 3.72. The Morgan fingerprint density at radius 3 is 2.73 bits per heavy atom. The molecule has 1 saturated carbocycles. The van der Waals surface area contributed by atoms with Gasteiger partial charge in [-0.15, -0.1) is 0 Å². The summed E-state index contributed by atoms with van der Waals surface area (Å²) in [6.07, 6.45) is 1.75. The number of fused-ring (bicyclic) bond motifs is 1. The standard InChI is InChI=1S/C15H15F2NO4/c16-15(17)22-9-3-4-12-8(6-9)2-1-5-18(12)13(19)10-7-11(10)14(20)21/h3-4,6,10-11,15H,1-2,5,7H2,(H,20,21). The third kappa shape index (κ3) is 2.75. The van der Waals surface area contributed by atoms with Crippen molar-refractivity contribution in [2.75, 3.05) is 11.4 Å². The summed E-state index contributed by atoms with van der Waals surface area (Å²) in [6.45, 7) is -2.37. The largest absolute Gasteiger partial charge is 0.481 e. The highest BCUT2D eigenvalue weighted by atomic mass is 19.3. The summed E-state index contributed by atoms with van der Waals surface area (Å²) in [7, 11) is 0. The van der Waals surface area contributed by atoms with Crippen LogP contribution in [0.5, 0.6) is 5.75 Å². The highest BCUT2D eigenvalue weighted by Gasteiger charge is 2.50. The topological polar surface area (TPSA) is 66.8 Å². The van der Waals surface area contributed by atoms with Gasteiger partial charge in [-0.2, -0.15) is 8.78 Å². The molecule has 118 valence electrons. The van der Waals surface area contributed by atoms with E-state index in [1.54, 1.807) is 11.0 Å². The van der Waals surface area contributed by atoms with Gasteiger partial charge in [-0.25, -0.2) is 0 Å². The van der Waals surface area contributed by atoms with Gasteiger partial charge in [-0.3, -0.25) is 9.59 Å². The zero-order valence-corrected chi connectivity index (χ0v) is 11.7. The second-order valence-electron chi connectivity index (χ2n) is 5.55. The Morgan fingerprint density at radius 1 is 1.32 bits per heavy atom. The summed E-state index contributed by atoms with van der Waals surface area (Å²) in [6, 6.07) is 4.50. The fourth-order valence-electron chi connectivity index (χ4n) is 2.92. The summed E-state index contributed by atoms with van der Waals surface area (Å²) < 4.78 is 28.9. The van der Waals surface area contributed by atoms with Crippen LogP contribution in [0.1, 0.15) is 18.4 Å². The predicted octanol–water partition coefficient (Wildman–Crippen LogP) is 2.29. The first-order valence-corrected chi connectivity index (χ1v) is 7.09. The number of benzene rings is 1. The number of hydrogen-bond acceptors (Lipinski definition) is 3. The first-order chi connectivity index (χ1) is 10.5. The number of aliphatic carboxylic acids is 1. The highest BCUT2D eigenvalue weighted by Crippen LogP contribution is 2.42. The number of carboxylic acid groups (broad SMARTS) is 1. The number of amides is 1. The first kappa shape index (κ1) is 14.7.